The number of benzene rings is 2. The molecule has 0 atom stereocenters. The van der Waals surface area contributed by atoms with Gasteiger partial charge in [0.25, 0.3) is 0 Å². The highest BCUT2D eigenvalue weighted by atomic mass is 19.1. The van der Waals surface area contributed by atoms with Crippen molar-refractivity contribution in [1.82, 2.24) is 4.98 Å². The molecule has 0 bridgehead atoms. The zero-order chi connectivity index (χ0) is 13.4. The van der Waals surface area contributed by atoms with Crippen molar-refractivity contribution >= 4 is 11.1 Å². The first-order chi connectivity index (χ1) is 9.17. The van der Waals surface area contributed by atoms with E-state index in [0.29, 0.717) is 11.3 Å². The first-order valence-corrected chi connectivity index (χ1v) is 5.57. The van der Waals surface area contributed by atoms with Crippen LogP contribution in [0.4, 0.5) is 8.78 Å². The van der Waals surface area contributed by atoms with Crippen molar-refractivity contribution in [3.63, 3.8) is 0 Å². The molecule has 0 unspecified atom stereocenters. The smallest absolute Gasteiger partial charge is 0.227 e. The summed E-state index contributed by atoms with van der Waals surface area (Å²) >= 11 is 0. The van der Waals surface area contributed by atoms with E-state index in [2.05, 4.69) is 4.98 Å². The Bertz CT molecular complexity index is 735. The predicted octanol–water partition coefficient (Wildman–Crippen LogP) is 3.78. The van der Waals surface area contributed by atoms with Crippen molar-refractivity contribution in [2.45, 2.75) is 0 Å². The molecule has 2 aromatic carbocycles. The van der Waals surface area contributed by atoms with Gasteiger partial charge in [0.05, 0.1) is 7.11 Å². The molecule has 0 aliphatic heterocycles. The van der Waals surface area contributed by atoms with Gasteiger partial charge >= 0.3 is 0 Å². The summed E-state index contributed by atoms with van der Waals surface area (Å²) in [4.78, 5) is 4.07. The minimum Gasteiger partial charge on any atom is -0.497 e. The minimum absolute atomic E-state index is 0.0489. The van der Waals surface area contributed by atoms with Gasteiger partial charge in [-0.05, 0) is 24.3 Å². The van der Waals surface area contributed by atoms with E-state index in [9.17, 15) is 8.78 Å². The first kappa shape index (κ1) is 11.6. The molecule has 0 radical (unpaired) electrons. The number of halogens is 2. The number of hydrogen-bond acceptors (Lipinski definition) is 3. The van der Waals surface area contributed by atoms with Crippen LogP contribution in [0.5, 0.6) is 5.75 Å². The Morgan fingerprint density at radius 1 is 1.11 bits per heavy atom. The summed E-state index contributed by atoms with van der Waals surface area (Å²) < 4.78 is 36.9. The predicted molar refractivity (Wildman–Crippen MR) is 65.9 cm³/mol. The van der Waals surface area contributed by atoms with Gasteiger partial charge in [-0.1, -0.05) is 0 Å². The summed E-state index contributed by atoms with van der Waals surface area (Å²) in [7, 11) is 1.56. The number of ether oxygens (including phenoxy) is 1. The van der Waals surface area contributed by atoms with Crippen LogP contribution in [0.3, 0.4) is 0 Å². The van der Waals surface area contributed by atoms with Crippen LogP contribution in [0.15, 0.2) is 40.8 Å². The molecule has 1 aromatic heterocycles. The molecular formula is C14H9F2NO2. The van der Waals surface area contributed by atoms with Crippen molar-refractivity contribution < 1.29 is 17.9 Å². The molecule has 19 heavy (non-hydrogen) atoms. The second kappa shape index (κ2) is 4.35. The fraction of sp³-hybridized carbons (Fsp3) is 0.0714. The van der Waals surface area contributed by atoms with Gasteiger partial charge in [0.15, 0.2) is 11.4 Å². The molecule has 0 spiro atoms. The third-order valence-corrected chi connectivity index (χ3v) is 2.75. The lowest BCUT2D eigenvalue weighted by Gasteiger charge is -1.99. The van der Waals surface area contributed by atoms with Crippen LogP contribution < -0.4 is 4.74 Å². The van der Waals surface area contributed by atoms with Crippen LogP contribution in [-0.2, 0) is 0 Å². The van der Waals surface area contributed by atoms with Crippen LogP contribution in [0, 0.1) is 11.6 Å². The molecule has 0 aliphatic carbocycles. The lowest BCUT2D eigenvalue weighted by Crippen LogP contribution is -1.82. The third kappa shape index (κ3) is 2.03. The number of hydrogen-bond donors (Lipinski definition) is 0. The van der Waals surface area contributed by atoms with Crippen molar-refractivity contribution in [2.24, 2.45) is 0 Å². The average molecular weight is 261 g/mol. The fourth-order valence-electron chi connectivity index (χ4n) is 1.82. The highest BCUT2D eigenvalue weighted by Gasteiger charge is 2.13. The average Bonchev–Trinajstić information content (AvgIpc) is 2.83. The van der Waals surface area contributed by atoms with Crippen LogP contribution in [-0.4, -0.2) is 12.1 Å². The van der Waals surface area contributed by atoms with Gasteiger partial charge < -0.3 is 9.15 Å². The summed E-state index contributed by atoms with van der Waals surface area (Å²) in [6.45, 7) is 0. The van der Waals surface area contributed by atoms with Gasteiger partial charge in [-0.15, -0.1) is 0 Å². The fourth-order valence-corrected chi connectivity index (χ4v) is 1.82. The van der Waals surface area contributed by atoms with E-state index < -0.39 is 11.6 Å². The molecule has 3 aromatic rings. The summed E-state index contributed by atoms with van der Waals surface area (Å²) in [5, 5.41) is 0. The van der Waals surface area contributed by atoms with Gasteiger partial charge in [-0.2, -0.15) is 0 Å². The zero-order valence-electron chi connectivity index (χ0n) is 9.98. The summed E-state index contributed by atoms with van der Waals surface area (Å²) in [6, 6.07) is 8.85. The Morgan fingerprint density at radius 3 is 2.53 bits per heavy atom. The maximum absolute atomic E-state index is 13.5. The van der Waals surface area contributed by atoms with E-state index in [1.807, 2.05) is 0 Å². The van der Waals surface area contributed by atoms with Gasteiger partial charge in [0, 0.05) is 17.7 Å². The molecule has 0 aliphatic rings. The SMILES string of the molecule is COc1ccc(-c2nc3cc(F)cc(F)c3o2)cc1. The second-order valence-electron chi connectivity index (χ2n) is 3.98. The van der Waals surface area contributed by atoms with Crippen molar-refractivity contribution in [3.8, 4) is 17.2 Å². The van der Waals surface area contributed by atoms with Crippen LogP contribution in [0.1, 0.15) is 0 Å². The van der Waals surface area contributed by atoms with Crippen LogP contribution >= 0.6 is 0 Å². The molecule has 96 valence electrons. The molecule has 3 nitrogen and oxygen atoms in total. The Labute approximate surface area is 107 Å². The van der Waals surface area contributed by atoms with Gasteiger partial charge in [0.2, 0.25) is 5.89 Å². The third-order valence-electron chi connectivity index (χ3n) is 2.75. The number of fused-ring (bicyclic) bond motifs is 1. The molecule has 0 fully saturated rings. The summed E-state index contributed by atoms with van der Waals surface area (Å²) in [5.74, 6) is -0.513. The molecule has 0 N–H and O–H groups in total. The monoisotopic (exact) mass is 261 g/mol. The van der Waals surface area contributed by atoms with E-state index in [0.717, 1.165) is 12.1 Å². The largest absolute Gasteiger partial charge is 0.497 e. The normalized spacial score (nSPS) is 10.9. The quantitative estimate of drug-likeness (QED) is 0.704. The molecule has 0 saturated carbocycles. The highest BCUT2D eigenvalue weighted by molar-refractivity contribution is 5.76. The summed E-state index contributed by atoms with van der Waals surface area (Å²) in [5.41, 5.74) is 0.771. The molecule has 5 heteroatoms. The molecule has 0 amide bonds. The lowest BCUT2D eigenvalue weighted by molar-refractivity contribution is 0.415. The van der Waals surface area contributed by atoms with Gasteiger partial charge in [-0.25, -0.2) is 13.8 Å². The zero-order valence-corrected chi connectivity index (χ0v) is 9.98. The number of nitrogens with zero attached hydrogens (tertiary/aromatic N) is 1. The molecule has 0 saturated heterocycles. The second-order valence-corrected chi connectivity index (χ2v) is 3.98. The lowest BCUT2D eigenvalue weighted by atomic mass is 10.2. The van der Waals surface area contributed by atoms with Crippen LogP contribution in [0.25, 0.3) is 22.6 Å². The van der Waals surface area contributed by atoms with E-state index in [1.54, 1.807) is 31.4 Å². The van der Waals surface area contributed by atoms with E-state index >= 15 is 0 Å². The van der Waals surface area contributed by atoms with E-state index in [1.165, 1.54) is 0 Å². The van der Waals surface area contributed by atoms with Crippen LogP contribution in [0.2, 0.25) is 0 Å². The minimum atomic E-state index is -0.762. The Hall–Kier alpha value is -2.43. The van der Waals surface area contributed by atoms with Crippen molar-refractivity contribution in [1.29, 1.82) is 0 Å². The van der Waals surface area contributed by atoms with E-state index in [4.69, 9.17) is 9.15 Å². The Kier molecular flexibility index (Phi) is 2.67. The number of rotatable bonds is 2. The molecule has 3 rings (SSSR count). The molecule has 1 heterocycles. The Morgan fingerprint density at radius 2 is 1.84 bits per heavy atom. The molecular weight excluding hydrogens is 252 g/mol. The topological polar surface area (TPSA) is 35.3 Å². The maximum atomic E-state index is 13.5. The maximum Gasteiger partial charge on any atom is 0.227 e. The number of methoxy groups -OCH3 is 1. The van der Waals surface area contributed by atoms with Crippen molar-refractivity contribution in [3.05, 3.63) is 48.0 Å². The number of aromatic nitrogens is 1. The van der Waals surface area contributed by atoms with Gasteiger partial charge in [-0.3, -0.25) is 0 Å². The number of oxazole rings is 1. The standard InChI is InChI=1S/C14H9F2NO2/c1-18-10-4-2-8(3-5-10)14-17-12-7-9(15)6-11(16)13(12)19-14/h2-7H,1H3. The van der Waals surface area contributed by atoms with Gasteiger partial charge in [0.1, 0.15) is 17.1 Å². The highest BCUT2D eigenvalue weighted by Crippen LogP contribution is 2.27. The van der Waals surface area contributed by atoms with Crippen molar-refractivity contribution in [2.75, 3.05) is 7.11 Å². The first-order valence-electron chi connectivity index (χ1n) is 5.57. The summed E-state index contributed by atoms with van der Waals surface area (Å²) in [6.07, 6.45) is 0. The Balaban J connectivity index is 2.12. The van der Waals surface area contributed by atoms with E-state index in [-0.39, 0.29) is 17.0 Å².